The summed E-state index contributed by atoms with van der Waals surface area (Å²) >= 11 is 6.09. The second-order valence-corrected chi connectivity index (χ2v) is 5.52. The number of hydrogen-bond acceptors (Lipinski definition) is 3. The average molecular weight is 284 g/mol. The second kappa shape index (κ2) is 5.80. The first-order valence-electron chi connectivity index (χ1n) is 6.42. The van der Waals surface area contributed by atoms with Crippen LogP contribution in [0.5, 0.6) is 5.75 Å². The van der Waals surface area contributed by atoms with Crippen molar-refractivity contribution in [3.05, 3.63) is 28.8 Å². The summed E-state index contributed by atoms with van der Waals surface area (Å²) in [5.41, 5.74) is 0.713. The first-order chi connectivity index (χ1) is 8.99. The number of phenols is 1. The molecule has 2 N–H and O–H groups in total. The summed E-state index contributed by atoms with van der Waals surface area (Å²) in [6.45, 7) is 3.28. The van der Waals surface area contributed by atoms with Crippen LogP contribution >= 0.6 is 11.6 Å². The first kappa shape index (κ1) is 14.2. The molecule has 1 aliphatic heterocycles. The van der Waals surface area contributed by atoms with Gasteiger partial charge in [-0.05, 0) is 38.4 Å². The zero-order valence-electron chi connectivity index (χ0n) is 10.8. The molecular formula is C14H18ClNO3. The minimum atomic E-state index is -0.716. The highest BCUT2D eigenvalue weighted by Gasteiger charge is 2.30. The molecule has 0 spiro atoms. The number of halogens is 1. The number of carboxylic acid groups (broad SMARTS) is 1. The number of piperidine rings is 1. The summed E-state index contributed by atoms with van der Waals surface area (Å²) in [5, 5.41) is 19.4. The molecule has 2 unspecified atom stereocenters. The molecule has 0 aromatic heterocycles. The summed E-state index contributed by atoms with van der Waals surface area (Å²) in [7, 11) is 0. The summed E-state index contributed by atoms with van der Waals surface area (Å²) in [6.07, 6.45) is 1.28. The zero-order valence-corrected chi connectivity index (χ0v) is 11.6. The Kier molecular flexibility index (Phi) is 4.32. The molecule has 1 fully saturated rings. The van der Waals surface area contributed by atoms with Gasteiger partial charge in [-0.1, -0.05) is 17.7 Å². The molecule has 1 saturated heterocycles. The van der Waals surface area contributed by atoms with Crippen molar-refractivity contribution < 1.29 is 15.0 Å². The summed E-state index contributed by atoms with van der Waals surface area (Å²) in [6, 6.07) is 5.26. The van der Waals surface area contributed by atoms with Gasteiger partial charge < -0.3 is 10.2 Å². The predicted octanol–water partition coefficient (Wildman–Crippen LogP) is 2.73. The SMILES string of the molecule is CC1CC(C(=O)O)CCN1Cc1c(O)cccc1Cl. The fourth-order valence-corrected chi connectivity index (χ4v) is 2.82. The Morgan fingerprint density at radius 2 is 2.26 bits per heavy atom. The van der Waals surface area contributed by atoms with E-state index in [1.165, 1.54) is 0 Å². The maximum absolute atomic E-state index is 11.0. The number of aromatic hydroxyl groups is 1. The Labute approximate surface area is 117 Å². The highest BCUT2D eigenvalue weighted by atomic mass is 35.5. The smallest absolute Gasteiger partial charge is 0.306 e. The fourth-order valence-electron chi connectivity index (χ4n) is 2.59. The summed E-state index contributed by atoms with van der Waals surface area (Å²) in [4.78, 5) is 13.2. The van der Waals surface area contributed by atoms with Crippen molar-refractivity contribution >= 4 is 17.6 Å². The van der Waals surface area contributed by atoms with Gasteiger partial charge in [-0.25, -0.2) is 0 Å². The van der Waals surface area contributed by atoms with Gasteiger partial charge >= 0.3 is 5.97 Å². The number of phenolic OH excluding ortho intramolecular Hbond substituents is 1. The molecule has 2 rings (SSSR count). The highest BCUT2D eigenvalue weighted by Crippen LogP contribution is 2.30. The molecule has 1 aliphatic rings. The molecule has 0 amide bonds. The van der Waals surface area contributed by atoms with Gasteiger partial charge in [-0.15, -0.1) is 0 Å². The van der Waals surface area contributed by atoms with E-state index in [1.807, 2.05) is 6.92 Å². The van der Waals surface area contributed by atoms with Crippen LogP contribution in [0.15, 0.2) is 18.2 Å². The first-order valence-corrected chi connectivity index (χ1v) is 6.80. The van der Waals surface area contributed by atoms with E-state index in [4.69, 9.17) is 16.7 Å². The Hall–Kier alpha value is -1.26. The fraction of sp³-hybridized carbons (Fsp3) is 0.500. The molecule has 0 radical (unpaired) electrons. The Morgan fingerprint density at radius 1 is 1.53 bits per heavy atom. The molecule has 0 saturated carbocycles. The maximum Gasteiger partial charge on any atom is 0.306 e. The largest absolute Gasteiger partial charge is 0.508 e. The monoisotopic (exact) mass is 283 g/mol. The molecule has 2 atom stereocenters. The third-order valence-electron chi connectivity index (χ3n) is 3.82. The lowest BCUT2D eigenvalue weighted by Gasteiger charge is -2.36. The van der Waals surface area contributed by atoms with Crippen LogP contribution in [-0.4, -0.2) is 33.7 Å². The van der Waals surface area contributed by atoms with Crippen molar-refractivity contribution in [2.45, 2.75) is 32.4 Å². The van der Waals surface area contributed by atoms with E-state index in [9.17, 15) is 9.90 Å². The van der Waals surface area contributed by atoms with Gasteiger partial charge in [0.25, 0.3) is 0 Å². The maximum atomic E-state index is 11.0. The average Bonchev–Trinajstić information content (AvgIpc) is 2.35. The minimum absolute atomic E-state index is 0.172. The van der Waals surface area contributed by atoms with Gasteiger partial charge in [0.2, 0.25) is 0 Å². The number of carbonyl (C=O) groups is 1. The molecule has 0 bridgehead atoms. The van der Waals surface area contributed by atoms with Gasteiger partial charge in [-0.2, -0.15) is 0 Å². The van der Waals surface area contributed by atoms with Crippen LogP contribution in [0.25, 0.3) is 0 Å². The van der Waals surface area contributed by atoms with Crippen LogP contribution in [0.1, 0.15) is 25.3 Å². The lowest BCUT2D eigenvalue weighted by Crippen LogP contribution is -2.42. The molecule has 5 heteroatoms. The summed E-state index contributed by atoms with van der Waals surface area (Å²) < 4.78 is 0. The normalized spacial score (nSPS) is 24.3. The molecule has 104 valence electrons. The lowest BCUT2D eigenvalue weighted by atomic mass is 9.91. The van der Waals surface area contributed by atoms with Crippen molar-refractivity contribution in [2.24, 2.45) is 5.92 Å². The van der Waals surface area contributed by atoms with Crippen LogP contribution < -0.4 is 0 Å². The van der Waals surface area contributed by atoms with Crippen molar-refractivity contribution in [3.63, 3.8) is 0 Å². The molecule has 0 aliphatic carbocycles. The van der Waals surface area contributed by atoms with E-state index in [2.05, 4.69) is 4.90 Å². The van der Waals surface area contributed by atoms with E-state index in [0.29, 0.717) is 36.5 Å². The number of benzene rings is 1. The number of aliphatic carboxylic acids is 1. The number of hydrogen-bond donors (Lipinski definition) is 2. The second-order valence-electron chi connectivity index (χ2n) is 5.12. The predicted molar refractivity (Wildman–Crippen MR) is 73.3 cm³/mol. The van der Waals surface area contributed by atoms with Gasteiger partial charge in [0.15, 0.2) is 0 Å². The lowest BCUT2D eigenvalue weighted by molar-refractivity contribution is -0.144. The molecule has 4 nitrogen and oxygen atoms in total. The Morgan fingerprint density at radius 3 is 2.84 bits per heavy atom. The number of likely N-dealkylation sites (tertiary alicyclic amines) is 1. The molecule has 1 aromatic carbocycles. The number of nitrogens with zero attached hydrogens (tertiary/aromatic N) is 1. The van der Waals surface area contributed by atoms with Crippen molar-refractivity contribution in [2.75, 3.05) is 6.54 Å². The molecular weight excluding hydrogens is 266 g/mol. The topological polar surface area (TPSA) is 60.8 Å². The third kappa shape index (κ3) is 3.19. The van der Waals surface area contributed by atoms with Gasteiger partial charge in [0.05, 0.1) is 5.92 Å². The zero-order chi connectivity index (χ0) is 14.0. The van der Waals surface area contributed by atoms with Crippen LogP contribution in [0.4, 0.5) is 0 Å². The van der Waals surface area contributed by atoms with Crippen LogP contribution in [0, 0.1) is 5.92 Å². The Balaban J connectivity index is 2.06. The van der Waals surface area contributed by atoms with E-state index < -0.39 is 5.97 Å². The minimum Gasteiger partial charge on any atom is -0.508 e. The Bertz CT molecular complexity index is 458. The quantitative estimate of drug-likeness (QED) is 0.895. The van der Waals surface area contributed by atoms with Gasteiger partial charge in [-0.3, -0.25) is 9.69 Å². The van der Waals surface area contributed by atoms with Crippen LogP contribution in [0.2, 0.25) is 5.02 Å². The van der Waals surface area contributed by atoms with E-state index in [0.717, 1.165) is 0 Å². The third-order valence-corrected chi connectivity index (χ3v) is 4.17. The van der Waals surface area contributed by atoms with Gasteiger partial charge in [0, 0.05) is 23.2 Å². The number of rotatable bonds is 3. The standard InChI is InChI=1S/C14H18ClNO3/c1-9-7-10(14(18)19)5-6-16(9)8-11-12(15)3-2-4-13(11)17/h2-4,9-10,17H,5-8H2,1H3,(H,18,19). The molecule has 19 heavy (non-hydrogen) atoms. The van der Waals surface area contributed by atoms with Gasteiger partial charge in [0.1, 0.15) is 5.75 Å². The summed E-state index contributed by atoms with van der Waals surface area (Å²) in [5.74, 6) is -0.779. The molecule has 1 aromatic rings. The van der Waals surface area contributed by atoms with E-state index in [-0.39, 0.29) is 17.7 Å². The van der Waals surface area contributed by atoms with E-state index >= 15 is 0 Å². The number of carboxylic acids is 1. The van der Waals surface area contributed by atoms with Crippen molar-refractivity contribution in [3.8, 4) is 5.75 Å². The van der Waals surface area contributed by atoms with Crippen molar-refractivity contribution in [1.29, 1.82) is 0 Å². The van der Waals surface area contributed by atoms with Crippen LogP contribution in [-0.2, 0) is 11.3 Å². The molecule has 1 heterocycles. The van der Waals surface area contributed by atoms with Crippen molar-refractivity contribution in [1.82, 2.24) is 4.90 Å². The van der Waals surface area contributed by atoms with E-state index in [1.54, 1.807) is 18.2 Å². The van der Waals surface area contributed by atoms with Crippen LogP contribution in [0.3, 0.4) is 0 Å². The highest BCUT2D eigenvalue weighted by molar-refractivity contribution is 6.31.